The Kier molecular flexibility index (Phi) is 3.64. The topological polar surface area (TPSA) is 59.2 Å². The zero-order valence-corrected chi connectivity index (χ0v) is 14.2. The third kappa shape index (κ3) is 2.92. The van der Waals surface area contributed by atoms with E-state index in [9.17, 15) is 13.6 Å². The fraction of sp³-hybridized carbons (Fsp3) is 0.562. The number of imidazole rings is 1. The Labute approximate surface area is 143 Å². The van der Waals surface area contributed by atoms with Crippen LogP contribution in [0.4, 0.5) is 8.78 Å². The lowest BCUT2D eigenvalue weighted by atomic mass is 9.94. The van der Waals surface area contributed by atoms with Gasteiger partial charge in [-0.1, -0.05) is 0 Å². The summed E-state index contributed by atoms with van der Waals surface area (Å²) in [6, 6.07) is 0. The second kappa shape index (κ2) is 5.62. The fourth-order valence-electron chi connectivity index (χ4n) is 3.69. The quantitative estimate of drug-likeness (QED) is 0.819. The van der Waals surface area contributed by atoms with Gasteiger partial charge in [0.15, 0.2) is 0 Å². The maximum absolute atomic E-state index is 13.2. The van der Waals surface area contributed by atoms with Gasteiger partial charge < -0.3 is 9.47 Å². The number of halogens is 2. The highest BCUT2D eigenvalue weighted by Crippen LogP contribution is 2.34. The minimum absolute atomic E-state index is 0.244. The number of alkyl halides is 2. The number of nitrogens with zero attached hydrogens (tertiary/aromatic N) is 6. The van der Waals surface area contributed by atoms with E-state index in [-0.39, 0.29) is 5.91 Å². The molecule has 1 amide bonds. The number of aryl methyl sites for hydroxylation is 2. The molecule has 1 fully saturated rings. The molecule has 0 N–H and O–H groups in total. The van der Waals surface area contributed by atoms with Gasteiger partial charge >= 0.3 is 0 Å². The molecule has 4 rings (SSSR count). The van der Waals surface area contributed by atoms with Gasteiger partial charge in [-0.05, 0) is 0 Å². The molecule has 0 unspecified atom stereocenters. The number of carbonyl (C=O) groups excluding carboxylic acids is 1. The summed E-state index contributed by atoms with van der Waals surface area (Å²) in [4.78, 5) is 20.6. The fourth-order valence-corrected chi connectivity index (χ4v) is 3.69. The van der Waals surface area contributed by atoms with Crippen LogP contribution in [0.2, 0.25) is 0 Å². The second-order valence-electron chi connectivity index (χ2n) is 6.98. The summed E-state index contributed by atoms with van der Waals surface area (Å²) in [5, 5.41) is 4.16. The molecule has 1 atom stereocenters. The lowest BCUT2D eigenvalue weighted by molar-refractivity contribution is -0.168. The first-order valence-corrected chi connectivity index (χ1v) is 8.19. The Bertz CT molecular complexity index is 805. The summed E-state index contributed by atoms with van der Waals surface area (Å²) < 4.78 is 29.9. The van der Waals surface area contributed by atoms with Crippen molar-refractivity contribution in [2.75, 3.05) is 19.6 Å². The van der Waals surface area contributed by atoms with Crippen molar-refractivity contribution in [3.05, 3.63) is 35.7 Å². The van der Waals surface area contributed by atoms with E-state index in [0.29, 0.717) is 19.6 Å². The number of rotatable bonds is 3. The van der Waals surface area contributed by atoms with Crippen LogP contribution in [0.15, 0.2) is 18.7 Å². The summed E-state index contributed by atoms with van der Waals surface area (Å²) in [6.07, 6.45) is 5.41. The van der Waals surface area contributed by atoms with Gasteiger partial charge in [0.25, 0.3) is 5.92 Å². The highest BCUT2D eigenvalue weighted by atomic mass is 19.3. The first kappa shape index (κ1) is 16.2. The van der Waals surface area contributed by atoms with E-state index in [1.165, 1.54) is 4.90 Å². The van der Waals surface area contributed by atoms with Crippen molar-refractivity contribution in [1.29, 1.82) is 0 Å². The molecule has 2 aromatic heterocycles. The van der Waals surface area contributed by atoms with Crippen LogP contribution in [0.1, 0.15) is 22.9 Å². The van der Waals surface area contributed by atoms with E-state index < -0.39 is 24.9 Å². The van der Waals surface area contributed by atoms with Crippen LogP contribution < -0.4 is 0 Å². The first-order valence-electron chi connectivity index (χ1n) is 8.19. The Morgan fingerprint density at radius 1 is 1.36 bits per heavy atom. The van der Waals surface area contributed by atoms with Crippen molar-refractivity contribution < 1.29 is 13.6 Å². The molecule has 0 aliphatic carbocycles. The van der Waals surface area contributed by atoms with Crippen molar-refractivity contribution in [3.8, 4) is 0 Å². The van der Waals surface area contributed by atoms with Gasteiger partial charge in [-0.15, -0.1) is 0 Å². The van der Waals surface area contributed by atoms with Crippen molar-refractivity contribution >= 4 is 5.91 Å². The van der Waals surface area contributed by atoms with E-state index >= 15 is 0 Å². The standard InChI is InChI=1S/C16H20F2N6O/c1-21-10-19-13-7-23(5-11-3-20-22(2)4-11)6-12(14(13)21)15(25)24-8-16(17,18)9-24/h3-4,10,12H,5-9H2,1-2H3/t12-/m1/s1. The van der Waals surface area contributed by atoms with Gasteiger partial charge in [0.2, 0.25) is 5.91 Å². The molecule has 2 aromatic rings. The van der Waals surface area contributed by atoms with Crippen LogP contribution in [-0.4, -0.2) is 60.6 Å². The summed E-state index contributed by atoms with van der Waals surface area (Å²) in [5.41, 5.74) is 2.72. The molecule has 4 heterocycles. The van der Waals surface area contributed by atoms with E-state index in [2.05, 4.69) is 15.0 Å². The molecular formula is C16H20F2N6O. The van der Waals surface area contributed by atoms with Gasteiger partial charge in [-0.25, -0.2) is 13.8 Å². The van der Waals surface area contributed by atoms with E-state index in [1.54, 1.807) is 17.2 Å². The lowest BCUT2D eigenvalue weighted by Crippen LogP contribution is -2.60. The average molecular weight is 350 g/mol. The Hall–Kier alpha value is -2.29. The number of hydrogen-bond acceptors (Lipinski definition) is 4. The molecule has 1 saturated heterocycles. The molecule has 2 aliphatic heterocycles. The normalized spacial score (nSPS) is 22.6. The highest BCUT2D eigenvalue weighted by Gasteiger charge is 2.49. The Morgan fingerprint density at radius 3 is 2.76 bits per heavy atom. The maximum Gasteiger partial charge on any atom is 0.282 e. The highest BCUT2D eigenvalue weighted by molar-refractivity contribution is 5.85. The summed E-state index contributed by atoms with van der Waals surface area (Å²) in [7, 11) is 3.69. The first-order chi connectivity index (χ1) is 11.8. The number of likely N-dealkylation sites (tertiary alicyclic amines) is 1. The van der Waals surface area contributed by atoms with Gasteiger partial charge in [-0.3, -0.25) is 14.4 Å². The summed E-state index contributed by atoms with van der Waals surface area (Å²) in [5.74, 6) is -3.47. The van der Waals surface area contributed by atoms with Crippen molar-refractivity contribution in [3.63, 3.8) is 0 Å². The van der Waals surface area contributed by atoms with Gasteiger partial charge in [0.1, 0.15) is 0 Å². The van der Waals surface area contributed by atoms with Crippen LogP contribution >= 0.6 is 0 Å². The molecular weight excluding hydrogens is 330 g/mol. The largest absolute Gasteiger partial charge is 0.337 e. The molecule has 7 nitrogen and oxygen atoms in total. The third-order valence-electron chi connectivity index (χ3n) is 4.83. The molecule has 0 saturated carbocycles. The minimum atomic E-state index is -2.75. The molecule has 25 heavy (non-hydrogen) atoms. The Morgan fingerprint density at radius 2 is 2.12 bits per heavy atom. The monoisotopic (exact) mass is 350 g/mol. The SMILES string of the molecule is Cn1cc(CN2Cc3ncn(C)c3[C@H](C(=O)N3CC(F)(F)C3)C2)cn1. The molecule has 9 heteroatoms. The predicted molar refractivity (Wildman–Crippen MR) is 84.8 cm³/mol. The molecule has 134 valence electrons. The predicted octanol–water partition coefficient (Wildman–Crippen LogP) is 0.730. The number of aromatic nitrogens is 4. The molecule has 0 aromatic carbocycles. The molecule has 0 radical (unpaired) electrons. The Balaban J connectivity index is 1.56. The second-order valence-corrected chi connectivity index (χ2v) is 6.98. The minimum Gasteiger partial charge on any atom is -0.337 e. The van der Waals surface area contributed by atoms with Crippen molar-refractivity contribution in [2.24, 2.45) is 14.1 Å². The van der Waals surface area contributed by atoms with Crippen LogP contribution in [0.3, 0.4) is 0 Å². The van der Waals surface area contributed by atoms with Crippen LogP contribution in [0.25, 0.3) is 0 Å². The smallest absolute Gasteiger partial charge is 0.282 e. The van der Waals surface area contributed by atoms with Crippen LogP contribution in [0, 0.1) is 0 Å². The zero-order valence-electron chi connectivity index (χ0n) is 14.2. The molecule has 0 spiro atoms. The summed E-state index contributed by atoms with van der Waals surface area (Å²) in [6.45, 7) is 0.785. The number of carbonyl (C=O) groups is 1. The van der Waals surface area contributed by atoms with Gasteiger partial charge in [-0.2, -0.15) is 5.10 Å². The average Bonchev–Trinajstić information content (AvgIpc) is 3.10. The van der Waals surface area contributed by atoms with Gasteiger partial charge in [0.05, 0.1) is 42.9 Å². The number of fused-ring (bicyclic) bond motifs is 1. The van der Waals surface area contributed by atoms with Crippen LogP contribution in [0.5, 0.6) is 0 Å². The maximum atomic E-state index is 13.2. The third-order valence-corrected chi connectivity index (χ3v) is 4.83. The van der Waals surface area contributed by atoms with Crippen molar-refractivity contribution in [2.45, 2.75) is 24.9 Å². The zero-order chi connectivity index (χ0) is 17.8. The van der Waals surface area contributed by atoms with Crippen molar-refractivity contribution in [1.82, 2.24) is 29.1 Å². The van der Waals surface area contributed by atoms with E-state index in [1.807, 2.05) is 24.9 Å². The molecule has 0 bridgehead atoms. The van der Waals surface area contributed by atoms with Gasteiger partial charge in [0, 0.05) is 45.5 Å². The van der Waals surface area contributed by atoms with E-state index in [0.717, 1.165) is 17.0 Å². The summed E-state index contributed by atoms with van der Waals surface area (Å²) >= 11 is 0. The number of hydrogen-bond donors (Lipinski definition) is 0. The molecule has 2 aliphatic rings. The number of amides is 1. The van der Waals surface area contributed by atoms with E-state index in [4.69, 9.17) is 0 Å². The van der Waals surface area contributed by atoms with Crippen LogP contribution in [-0.2, 0) is 32.0 Å². The lowest BCUT2D eigenvalue weighted by Gasteiger charge is -2.42.